The molecule has 2 aromatic carbocycles. The SMILES string of the molecule is COc1cccc2c(S(=O)(=O)N(CCC(=O)OC(=O)[C@@H](N)CCCN=C(N)N)CC3CCCCC3)cccc12. The van der Waals surface area contributed by atoms with Crippen LogP contribution in [0.5, 0.6) is 5.75 Å². The molecule has 6 N–H and O–H groups in total. The first-order chi connectivity index (χ1) is 18.6. The molecule has 3 rings (SSSR count). The lowest BCUT2D eigenvalue weighted by Crippen LogP contribution is -2.39. The zero-order chi connectivity index (χ0) is 28.4. The number of guanidine groups is 1. The van der Waals surface area contributed by atoms with Gasteiger partial charge in [-0.1, -0.05) is 43.5 Å². The molecule has 1 aliphatic carbocycles. The molecular weight excluding hydrogens is 522 g/mol. The van der Waals surface area contributed by atoms with Gasteiger partial charge in [-0.3, -0.25) is 9.79 Å². The molecule has 2 aromatic rings. The number of benzene rings is 2. The Hall–Kier alpha value is -3.22. The standard InChI is InChI=1S/C27H39N5O6S/c1-37-23-13-5-11-21-20(23)10-6-14-24(21)39(35,36)32(18-19-8-3-2-4-9-19)17-15-25(33)38-26(34)22(28)12-7-16-31-27(29)30/h5-6,10-11,13-14,19,22H,2-4,7-9,12,15-18,28H2,1H3,(H4,29,30,31)/t22-/m0/s1. The summed E-state index contributed by atoms with van der Waals surface area (Å²) in [6, 6.07) is 9.29. The van der Waals surface area contributed by atoms with Gasteiger partial charge in [0.2, 0.25) is 10.0 Å². The number of nitrogens with two attached hydrogens (primary N) is 3. The Labute approximate surface area is 229 Å². The van der Waals surface area contributed by atoms with Crippen LogP contribution in [0.25, 0.3) is 10.8 Å². The number of hydrogen-bond acceptors (Lipinski definition) is 8. The fourth-order valence-electron chi connectivity index (χ4n) is 4.85. The van der Waals surface area contributed by atoms with E-state index in [-0.39, 0.29) is 42.7 Å². The molecular formula is C27H39N5O6S. The molecule has 214 valence electrons. The van der Waals surface area contributed by atoms with Crippen molar-refractivity contribution >= 4 is 38.7 Å². The van der Waals surface area contributed by atoms with Crippen LogP contribution >= 0.6 is 0 Å². The van der Waals surface area contributed by atoms with E-state index in [9.17, 15) is 18.0 Å². The zero-order valence-corrected chi connectivity index (χ0v) is 23.2. The lowest BCUT2D eigenvalue weighted by atomic mass is 9.89. The van der Waals surface area contributed by atoms with Gasteiger partial charge in [-0.15, -0.1) is 0 Å². The Morgan fingerprint density at radius 3 is 2.46 bits per heavy atom. The summed E-state index contributed by atoms with van der Waals surface area (Å²) in [5, 5.41) is 1.22. The van der Waals surface area contributed by atoms with Crippen LogP contribution in [-0.2, 0) is 24.3 Å². The topological polar surface area (TPSA) is 180 Å². The van der Waals surface area contributed by atoms with Crippen molar-refractivity contribution in [3.8, 4) is 5.75 Å². The number of hydrogen-bond donors (Lipinski definition) is 3. The second-order valence-corrected chi connectivity index (χ2v) is 11.7. The van der Waals surface area contributed by atoms with Crippen molar-refractivity contribution in [1.29, 1.82) is 0 Å². The molecule has 0 heterocycles. The van der Waals surface area contributed by atoms with Crippen molar-refractivity contribution in [1.82, 2.24) is 4.31 Å². The molecule has 1 aliphatic rings. The van der Waals surface area contributed by atoms with Crippen molar-refractivity contribution in [3.63, 3.8) is 0 Å². The average molecular weight is 562 g/mol. The van der Waals surface area contributed by atoms with Crippen molar-refractivity contribution in [2.75, 3.05) is 26.7 Å². The summed E-state index contributed by atoms with van der Waals surface area (Å²) in [5.74, 6) is -0.998. The average Bonchev–Trinajstić information content (AvgIpc) is 2.92. The monoisotopic (exact) mass is 561 g/mol. The summed E-state index contributed by atoms with van der Waals surface area (Å²) in [6.45, 7) is 0.463. The molecule has 0 amide bonds. The molecule has 0 unspecified atom stereocenters. The smallest absolute Gasteiger partial charge is 0.330 e. The van der Waals surface area contributed by atoms with Crippen LogP contribution in [0.4, 0.5) is 0 Å². The van der Waals surface area contributed by atoms with Gasteiger partial charge in [0.1, 0.15) is 11.8 Å². The van der Waals surface area contributed by atoms with Gasteiger partial charge in [0.05, 0.1) is 18.4 Å². The van der Waals surface area contributed by atoms with Gasteiger partial charge < -0.3 is 26.7 Å². The van der Waals surface area contributed by atoms with E-state index in [0.29, 0.717) is 29.5 Å². The van der Waals surface area contributed by atoms with Crippen LogP contribution in [0.2, 0.25) is 0 Å². The Balaban J connectivity index is 1.74. The Morgan fingerprint density at radius 1 is 1.08 bits per heavy atom. The minimum Gasteiger partial charge on any atom is -0.496 e. The van der Waals surface area contributed by atoms with E-state index in [1.165, 1.54) is 11.4 Å². The lowest BCUT2D eigenvalue weighted by molar-refractivity contribution is -0.160. The largest absolute Gasteiger partial charge is 0.496 e. The summed E-state index contributed by atoms with van der Waals surface area (Å²) in [5.41, 5.74) is 16.4. The van der Waals surface area contributed by atoms with Gasteiger partial charge in [-0.25, -0.2) is 13.2 Å². The molecule has 1 atom stereocenters. The van der Waals surface area contributed by atoms with Crippen LogP contribution < -0.4 is 21.9 Å². The molecule has 1 saturated carbocycles. The van der Waals surface area contributed by atoms with Gasteiger partial charge in [-0.05, 0) is 43.7 Å². The first-order valence-electron chi connectivity index (χ1n) is 13.2. The molecule has 39 heavy (non-hydrogen) atoms. The molecule has 0 radical (unpaired) electrons. The number of aliphatic imine (C=N–C) groups is 1. The molecule has 0 aliphatic heterocycles. The second kappa shape index (κ2) is 14.2. The van der Waals surface area contributed by atoms with Gasteiger partial charge in [-0.2, -0.15) is 4.31 Å². The van der Waals surface area contributed by atoms with E-state index < -0.39 is 28.0 Å². The zero-order valence-electron chi connectivity index (χ0n) is 22.4. The quantitative estimate of drug-likeness (QED) is 0.109. The predicted octanol–water partition coefficient (Wildman–Crippen LogP) is 2.26. The summed E-state index contributed by atoms with van der Waals surface area (Å²) in [6.07, 6.45) is 5.45. The number of rotatable bonds is 13. The van der Waals surface area contributed by atoms with Crippen LogP contribution in [0.1, 0.15) is 51.4 Å². The Morgan fingerprint density at radius 2 is 1.77 bits per heavy atom. The number of nitrogens with zero attached hydrogens (tertiary/aromatic N) is 2. The maximum Gasteiger partial charge on any atom is 0.330 e. The van der Waals surface area contributed by atoms with Crippen LogP contribution in [-0.4, -0.2) is 63.4 Å². The molecule has 12 heteroatoms. The number of ether oxygens (including phenoxy) is 2. The van der Waals surface area contributed by atoms with Crippen molar-refractivity contribution < 1.29 is 27.5 Å². The highest BCUT2D eigenvalue weighted by Crippen LogP contribution is 2.33. The number of esters is 2. The lowest BCUT2D eigenvalue weighted by Gasteiger charge is -2.29. The van der Waals surface area contributed by atoms with E-state index in [4.69, 9.17) is 26.7 Å². The molecule has 0 saturated heterocycles. The third-order valence-electron chi connectivity index (χ3n) is 6.92. The first kappa shape index (κ1) is 30.3. The van der Waals surface area contributed by atoms with E-state index in [2.05, 4.69) is 4.99 Å². The van der Waals surface area contributed by atoms with E-state index in [1.807, 2.05) is 6.07 Å². The number of fused-ring (bicyclic) bond motifs is 1. The maximum atomic E-state index is 14.0. The highest BCUT2D eigenvalue weighted by molar-refractivity contribution is 7.89. The molecule has 0 bridgehead atoms. The number of sulfonamides is 1. The molecule has 11 nitrogen and oxygen atoms in total. The Kier molecular flexibility index (Phi) is 11.1. The van der Waals surface area contributed by atoms with Gasteiger partial charge in [0.25, 0.3) is 0 Å². The van der Waals surface area contributed by atoms with Gasteiger partial charge in [0.15, 0.2) is 5.96 Å². The fourth-order valence-corrected chi connectivity index (χ4v) is 6.58. The van der Waals surface area contributed by atoms with Crippen LogP contribution in [0.3, 0.4) is 0 Å². The van der Waals surface area contributed by atoms with Gasteiger partial charge >= 0.3 is 11.9 Å². The third kappa shape index (κ3) is 8.38. The highest BCUT2D eigenvalue weighted by atomic mass is 32.2. The summed E-state index contributed by atoms with van der Waals surface area (Å²) in [7, 11) is -2.45. The fraction of sp³-hybridized carbons (Fsp3) is 0.519. The van der Waals surface area contributed by atoms with Crippen molar-refractivity contribution in [2.45, 2.75) is 62.3 Å². The summed E-state index contributed by atoms with van der Waals surface area (Å²) in [4.78, 5) is 28.8. The third-order valence-corrected chi connectivity index (χ3v) is 8.84. The van der Waals surface area contributed by atoms with Crippen molar-refractivity contribution in [3.05, 3.63) is 36.4 Å². The highest BCUT2D eigenvalue weighted by Gasteiger charge is 2.30. The molecule has 0 aromatic heterocycles. The number of carbonyl (C=O) groups is 2. The summed E-state index contributed by atoms with van der Waals surface area (Å²) >= 11 is 0. The normalized spacial score (nSPS) is 15.2. The molecule has 0 spiro atoms. The number of carbonyl (C=O) groups excluding carboxylic acids is 2. The van der Waals surface area contributed by atoms with Crippen LogP contribution in [0, 0.1) is 5.92 Å². The van der Waals surface area contributed by atoms with E-state index in [0.717, 1.165) is 32.1 Å². The predicted molar refractivity (Wildman–Crippen MR) is 149 cm³/mol. The van der Waals surface area contributed by atoms with E-state index in [1.54, 1.807) is 30.3 Å². The minimum atomic E-state index is -3.99. The van der Waals surface area contributed by atoms with Crippen LogP contribution in [0.15, 0.2) is 46.3 Å². The summed E-state index contributed by atoms with van der Waals surface area (Å²) < 4.78 is 39.6. The van der Waals surface area contributed by atoms with Gasteiger partial charge in [0, 0.05) is 30.4 Å². The first-order valence-corrected chi connectivity index (χ1v) is 14.7. The molecule has 1 fully saturated rings. The minimum absolute atomic E-state index is 0.0586. The maximum absolute atomic E-state index is 14.0. The number of methoxy groups -OCH3 is 1. The Bertz CT molecular complexity index is 1270. The van der Waals surface area contributed by atoms with E-state index >= 15 is 0 Å². The second-order valence-electron chi connectivity index (χ2n) is 9.78. The van der Waals surface area contributed by atoms with Crippen molar-refractivity contribution in [2.24, 2.45) is 28.1 Å².